The maximum atomic E-state index is 10.4. The zero-order valence-corrected chi connectivity index (χ0v) is 16.8. The Balaban J connectivity index is 0.00000242. The van der Waals surface area contributed by atoms with Crippen LogP contribution in [0.4, 0.5) is 0 Å². The van der Waals surface area contributed by atoms with E-state index in [9.17, 15) is 5.11 Å². The first kappa shape index (κ1) is 20.0. The lowest BCUT2D eigenvalue weighted by Crippen LogP contribution is -2.50. The van der Waals surface area contributed by atoms with Gasteiger partial charge in [-0.05, 0) is 32.6 Å². The second-order valence-corrected chi connectivity index (χ2v) is 7.13. The third-order valence-corrected chi connectivity index (χ3v) is 5.04. The molecule has 2 unspecified atom stereocenters. The molecule has 130 valence electrons. The van der Waals surface area contributed by atoms with Gasteiger partial charge in [0.05, 0.1) is 5.60 Å². The molecule has 2 aliphatic rings. The van der Waals surface area contributed by atoms with Gasteiger partial charge in [-0.1, -0.05) is 19.8 Å². The molecular weight excluding hydrogens is 391 g/mol. The average Bonchev–Trinajstić information content (AvgIpc) is 3.02. The Labute approximate surface area is 152 Å². The van der Waals surface area contributed by atoms with Crippen molar-refractivity contribution in [2.75, 3.05) is 26.7 Å². The Morgan fingerprint density at radius 2 is 1.95 bits per heavy atom. The molecule has 0 aromatic heterocycles. The van der Waals surface area contributed by atoms with Gasteiger partial charge >= 0.3 is 0 Å². The van der Waals surface area contributed by atoms with Crippen molar-refractivity contribution in [3.05, 3.63) is 0 Å². The van der Waals surface area contributed by atoms with Crippen molar-refractivity contribution < 1.29 is 5.11 Å². The number of halogens is 1. The second kappa shape index (κ2) is 8.68. The molecule has 2 atom stereocenters. The van der Waals surface area contributed by atoms with Gasteiger partial charge in [0, 0.05) is 38.8 Å². The van der Waals surface area contributed by atoms with E-state index < -0.39 is 5.60 Å². The molecule has 2 fully saturated rings. The summed E-state index contributed by atoms with van der Waals surface area (Å²) in [5.41, 5.74) is -0.539. The van der Waals surface area contributed by atoms with Gasteiger partial charge in [-0.2, -0.15) is 0 Å². The van der Waals surface area contributed by atoms with Gasteiger partial charge in [0.2, 0.25) is 0 Å². The van der Waals surface area contributed by atoms with Crippen LogP contribution >= 0.6 is 24.0 Å². The summed E-state index contributed by atoms with van der Waals surface area (Å²) < 4.78 is 0. The normalized spacial score (nSPS) is 28.7. The van der Waals surface area contributed by atoms with Crippen molar-refractivity contribution in [3.8, 4) is 0 Å². The van der Waals surface area contributed by atoms with Crippen LogP contribution in [0.15, 0.2) is 4.99 Å². The minimum Gasteiger partial charge on any atom is -0.388 e. The number of aliphatic imine (C=N–C) groups is 1. The molecule has 1 aliphatic carbocycles. The molecule has 2 rings (SSSR count). The number of hydrogen-bond acceptors (Lipinski definition) is 3. The minimum absolute atomic E-state index is 0. The first-order valence-corrected chi connectivity index (χ1v) is 8.37. The molecule has 1 aliphatic heterocycles. The average molecular weight is 424 g/mol. The number of likely N-dealkylation sites (tertiary alicyclic amines) is 1. The molecule has 0 aromatic rings. The fraction of sp³-hybridized carbons (Fsp3) is 0.938. The first-order valence-electron chi connectivity index (χ1n) is 8.37. The van der Waals surface area contributed by atoms with Crippen LogP contribution in [-0.2, 0) is 0 Å². The molecular formula is C16H33IN4O. The monoisotopic (exact) mass is 424 g/mol. The van der Waals surface area contributed by atoms with E-state index in [2.05, 4.69) is 41.3 Å². The highest BCUT2D eigenvalue weighted by atomic mass is 127. The zero-order valence-electron chi connectivity index (χ0n) is 14.4. The van der Waals surface area contributed by atoms with Crippen molar-refractivity contribution in [2.45, 2.75) is 64.1 Å². The maximum Gasteiger partial charge on any atom is 0.191 e. The quantitative estimate of drug-likeness (QED) is 0.366. The van der Waals surface area contributed by atoms with Crippen LogP contribution in [0.25, 0.3) is 0 Å². The largest absolute Gasteiger partial charge is 0.388 e. The van der Waals surface area contributed by atoms with Crippen LogP contribution < -0.4 is 10.6 Å². The standard InChI is InChI=1S/C16H32N4O.HI/c1-12(2)20-9-13(3)14(10-20)19-15(17-4)18-11-16(21)7-5-6-8-16;/h12-14,21H,5-11H2,1-4H3,(H2,17,18,19);1H. The number of hydrogen-bond donors (Lipinski definition) is 3. The predicted octanol–water partition coefficient (Wildman–Crippen LogP) is 1.80. The predicted molar refractivity (Wildman–Crippen MR) is 103 cm³/mol. The van der Waals surface area contributed by atoms with E-state index in [1.54, 1.807) is 7.05 Å². The van der Waals surface area contributed by atoms with Crippen LogP contribution in [0.2, 0.25) is 0 Å². The van der Waals surface area contributed by atoms with Gasteiger partial charge in [0.25, 0.3) is 0 Å². The lowest BCUT2D eigenvalue weighted by molar-refractivity contribution is 0.0521. The Hall–Kier alpha value is -0.0800. The van der Waals surface area contributed by atoms with Crippen molar-refractivity contribution >= 4 is 29.9 Å². The van der Waals surface area contributed by atoms with Gasteiger partial charge in [-0.15, -0.1) is 24.0 Å². The molecule has 1 saturated carbocycles. The first-order chi connectivity index (χ1) is 9.93. The third kappa shape index (κ3) is 5.23. The fourth-order valence-corrected chi connectivity index (χ4v) is 3.44. The molecule has 0 radical (unpaired) electrons. The topological polar surface area (TPSA) is 59.9 Å². The van der Waals surface area contributed by atoms with E-state index in [1.807, 2.05) is 0 Å². The van der Waals surface area contributed by atoms with Gasteiger partial charge in [-0.25, -0.2) is 0 Å². The summed E-state index contributed by atoms with van der Waals surface area (Å²) in [6.07, 6.45) is 4.07. The molecule has 0 spiro atoms. The van der Waals surface area contributed by atoms with Gasteiger partial charge in [-0.3, -0.25) is 9.89 Å². The van der Waals surface area contributed by atoms with Crippen molar-refractivity contribution in [1.29, 1.82) is 0 Å². The van der Waals surface area contributed by atoms with Crippen LogP contribution in [0, 0.1) is 5.92 Å². The smallest absolute Gasteiger partial charge is 0.191 e. The summed E-state index contributed by atoms with van der Waals surface area (Å²) >= 11 is 0. The Kier molecular flexibility index (Phi) is 7.88. The number of aliphatic hydroxyl groups is 1. The van der Waals surface area contributed by atoms with E-state index >= 15 is 0 Å². The zero-order chi connectivity index (χ0) is 15.5. The Morgan fingerprint density at radius 1 is 1.32 bits per heavy atom. The number of rotatable bonds is 4. The molecule has 0 bridgehead atoms. The number of nitrogens with zero attached hydrogens (tertiary/aromatic N) is 2. The molecule has 3 N–H and O–H groups in total. The molecule has 5 nitrogen and oxygen atoms in total. The second-order valence-electron chi connectivity index (χ2n) is 7.13. The summed E-state index contributed by atoms with van der Waals surface area (Å²) in [7, 11) is 1.80. The van der Waals surface area contributed by atoms with E-state index in [-0.39, 0.29) is 24.0 Å². The summed E-state index contributed by atoms with van der Waals surface area (Å²) in [6, 6.07) is 1.02. The third-order valence-electron chi connectivity index (χ3n) is 5.04. The minimum atomic E-state index is -0.539. The molecule has 22 heavy (non-hydrogen) atoms. The fourth-order valence-electron chi connectivity index (χ4n) is 3.44. The summed E-state index contributed by atoms with van der Waals surface area (Å²) in [4.78, 5) is 6.81. The van der Waals surface area contributed by atoms with Gasteiger partial charge < -0.3 is 15.7 Å². The van der Waals surface area contributed by atoms with Crippen molar-refractivity contribution in [3.63, 3.8) is 0 Å². The molecule has 1 heterocycles. The van der Waals surface area contributed by atoms with E-state index in [1.165, 1.54) is 0 Å². The lowest BCUT2D eigenvalue weighted by atomic mass is 10.0. The highest BCUT2D eigenvalue weighted by Crippen LogP contribution is 2.28. The van der Waals surface area contributed by atoms with Crippen LogP contribution in [0.5, 0.6) is 0 Å². The molecule has 1 saturated heterocycles. The number of guanidine groups is 1. The summed E-state index contributed by atoms with van der Waals surface area (Å²) in [5.74, 6) is 1.43. The Morgan fingerprint density at radius 3 is 2.45 bits per heavy atom. The van der Waals surface area contributed by atoms with Gasteiger partial charge in [0.15, 0.2) is 5.96 Å². The van der Waals surface area contributed by atoms with Gasteiger partial charge in [0.1, 0.15) is 0 Å². The van der Waals surface area contributed by atoms with E-state index in [4.69, 9.17) is 0 Å². The van der Waals surface area contributed by atoms with E-state index in [0.717, 1.165) is 44.7 Å². The SMILES string of the molecule is CN=C(NCC1(O)CCCC1)NC1CN(C(C)C)CC1C.I. The highest BCUT2D eigenvalue weighted by molar-refractivity contribution is 14.0. The summed E-state index contributed by atoms with van der Waals surface area (Å²) in [6.45, 7) is 9.58. The number of nitrogens with one attached hydrogen (secondary N) is 2. The van der Waals surface area contributed by atoms with Crippen molar-refractivity contribution in [2.24, 2.45) is 10.9 Å². The van der Waals surface area contributed by atoms with Crippen LogP contribution in [0.1, 0.15) is 46.5 Å². The van der Waals surface area contributed by atoms with Crippen LogP contribution in [0.3, 0.4) is 0 Å². The van der Waals surface area contributed by atoms with Crippen molar-refractivity contribution in [1.82, 2.24) is 15.5 Å². The Bertz CT molecular complexity index is 369. The highest BCUT2D eigenvalue weighted by Gasteiger charge is 2.33. The molecule has 0 amide bonds. The van der Waals surface area contributed by atoms with E-state index in [0.29, 0.717) is 24.5 Å². The summed E-state index contributed by atoms with van der Waals surface area (Å²) in [5, 5.41) is 17.3. The lowest BCUT2D eigenvalue weighted by Gasteiger charge is -2.26. The molecule has 0 aromatic carbocycles. The maximum absolute atomic E-state index is 10.4. The molecule has 6 heteroatoms. The van der Waals surface area contributed by atoms with Crippen LogP contribution in [-0.4, -0.2) is 60.3 Å².